The molecular weight excluding hydrogens is 462 g/mol. The van der Waals surface area contributed by atoms with E-state index in [2.05, 4.69) is 38.6 Å². The zero-order chi connectivity index (χ0) is 25.1. The van der Waals surface area contributed by atoms with Crippen LogP contribution in [-0.4, -0.2) is 41.2 Å². The van der Waals surface area contributed by atoms with Crippen LogP contribution < -0.4 is 5.32 Å². The van der Waals surface area contributed by atoms with Gasteiger partial charge in [0.05, 0.1) is 12.1 Å². The van der Waals surface area contributed by atoms with Gasteiger partial charge in [0.15, 0.2) is 11.6 Å². The van der Waals surface area contributed by atoms with Crippen LogP contribution in [0, 0.1) is 11.6 Å². The van der Waals surface area contributed by atoms with Crippen molar-refractivity contribution in [1.29, 1.82) is 0 Å². The fourth-order valence-corrected chi connectivity index (χ4v) is 4.85. The number of nitrogens with zero attached hydrogens (tertiary/aromatic N) is 3. The van der Waals surface area contributed by atoms with E-state index in [9.17, 15) is 13.6 Å². The van der Waals surface area contributed by atoms with Crippen molar-refractivity contribution in [3.8, 4) is 0 Å². The van der Waals surface area contributed by atoms with Crippen LogP contribution in [-0.2, 0) is 22.6 Å². The average molecular weight is 491 g/mol. The van der Waals surface area contributed by atoms with Crippen molar-refractivity contribution in [3.63, 3.8) is 0 Å². The number of carbonyl (C=O) groups is 1. The number of halogens is 2. The van der Waals surface area contributed by atoms with Gasteiger partial charge in [0.1, 0.15) is 12.3 Å². The van der Waals surface area contributed by atoms with Crippen molar-refractivity contribution in [1.82, 2.24) is 9.88 Å². The molecule has 1 aromatic heterocycles. The summed E-state index contributed by atoms with van der Waals surface area (Å²) in [5.74, 6) is -1.30. The first kappa shape index (κ1) is 24.1. The van der Waals surface area contributed by atoms with Crippen molar-refractivity contribution in [3.05, 3.63) is 94.3 Å². The molecule has 0 atom stereocenters. The minimum atomic E-state index is -0.943. The Hall–Kier alpha value is -3.65. The predicted octanol–water partition coefficient (Wildman–Crippen LogP) is 5.02. The lowest BCUT2D eigenvalue weighted by Crippen LogP contribution is -2.32. The number of hydrogen-bond donors (Lipinski definition) is 1. The van der Waals surface area contributed by atoms with Crippen LogP contribution in [0.15, 0.2) is 59.9 Å². The fourth-order valence-electron chi connectivity index (χ4n) is 4.85. The van der Waals surface area contributed by atoms with E-state index in [1.54, 1.807) is 13.1 Å². The number of benzene rings is 2. The van der Waals surface area contributed by atoms with Crippen molar-refractivity contribution in [2.45, 2.75) is 38.6 Å². The third-order valence-electron chi connectivity index (χ3n) is 6.77. The number of likely N-dealkylation sites (tertiary alicyclic amines) is 1. The lowest BCUT2D eigenvalue weighted by molar-refractivity contribution is -0.115. The van der Waals surface area contributed by atoms with Gasteiger partial charge in [-0.25, -0.2) is 8.78 Å². The van der Waals surface area contributed by atoms with E-state index in [4.69, 9.17) is 4.84 Å². The van der Waals surface area contributed by atoms with Crippen molar-refractivity contribution >= 4 is 17.3 Å². The monoisotopic (exact) mass is 490 g/mol. The third kappa shape index (κ3) is 5.28. The maximum atomic E-state index is 13.8. The summed E-state index contributed by atoms with van der Waals surface area (Å²) in [7, 11) is 0. The molecule has 1 fully saturated rings. The Labute approximate surface area is 209 Å². The molecule has 2 aromatic carbocycles. The van der Waals surface area contributed by atoms with Gasteiger partial charge in [0, 0.05) is 24.0 Å². The second-order valence-corrected chi connectivity index (χ2v) is 9.23. The molecule has 1 amide bonds. The molecule has 3 aromatic rings. The molecule has 0 saturated carbocycles. The topological polar surface area (TPSA) is 66.8 Å². The molecule has 1 N–H and O–H groups in total. The summed E-state index contributed by atoms with van der Waals surface area (Å²) in [4.78, 5) is 23.8. The highest BCUT2D eigenvalue weighted by Crippen LogP contribution is 2.33. The van der Waals surface area contributed by atoms with Crippen LogP contribution in [0.2, 0.25) is 0 Å². The van der Waals surface area contributed by atoms with Gasteiger partial charge in [-0.05, 0) is 85.8 Å². The molecule has 36 heavy (non-hydrogen) atoms. The zero-order valence-electron chi connectivity index (χ0n) is 20.1. The maximum Gasteiger partial charge on any atom is 0.228 e. The summed E-state index contributed by atoms with van der Waals surface area (Å²) < 4.78 is 27.2. The van der Waals surface area contributed by atoms with Crippen LogP contribution in [0.1, 0.15) is 53.6 Å². The fraction of sp³-hybridized carbons (Fsp3) is 0.321. The number of carbonyl (C=O) groups excluding carboxylic acids is 1. The van der Waals surface area contributed by atoms with E-state index in [1.165, 1.54) is 11.6 Å². The molecule has 0 aliphatic carbocycles. The van der Waals surface area contributed by atoms with E-state index >= 15 is 0 Å². The summed E-state index contributed by atoms with van der Waals surface area (Å²) >= 11 is 0. The number of amides is 1. The molecule has 0 radical (unpaired) electrons. The minimum absolute atomic E-state index is 0.0673. The molecule has 1 saturated heterocycles. The summed E-state index contributed by atoms with van der Waals surface area (Å²) in [6.07, 6.45) is 4.38. The molecule has 2 aliphatic rings. The Bertz CT molecular complexity index is 1290. The maximum absolute atomic E-state index is 13.8. The lowest BCUT2D eigenvalue weighted by atomic mass is 9.88. The first-order chi connectivity index (χ1) is 17.5. The number of oxime groups is 1. The number of fused-ring (bicyclic) bond motifs is 1. The largest absolute Gasteiger partial charge is 0.396 e. The molecule has 2 aliphatic heterocycles. The van der Waals surface area contributed by atoms with E-state index < -0.39 is 11.6 Å². The molecule has 5 rings (SSSR count). The molecule has 3 heterocycles. The highest BCUT2D eigenvalue weighted by molar-refractivity contribution is 6.11. The summed E-state index contributed by atoms with van der Waals surface area (Å²) in [6.45, 7) is 4.88. The molecule has 0 spiro atoms. The van der Waals surface area contributed by atoms with Gasteiger partial charge in [-0.3, -0.25) is 14.7 Å². The van der Waals surface area contributed by atoms with Gasteiger partial charge in [-0.1, -0.05) is 23.4 Å². The van der Waals surface area contributed by atoms with E-state index in [-0.39, 0.29) is 5.91 Å². The van der Waals surface area contributed by atoms with E-state index in [0.717, 1.165) is 61.4 Å². The van der Waals surface area contributed by atoms with Crippen LogP contribution in [0.4, 0.5) is 14.5 Å². The van der Waals surface area contributed by atoms with Crippen LogP contribution in [0.5, 0.6) is 0 Å². The molecule has 0 unspecified atom stereocenters. The number of pyridine rings is 1. The number of anilines is 1. The Morgan fingerprint density at radius 1 is 1.11 bits per heavy atom. The van der Waals surface area contributed by atoms with Crippen molar-refractivity contribution in [2.75, 3.05) is 25.0 Å². The van der Waals surface area contributed by atoms with Gasteiger partial charge < -0.3 is 10.2 Å². The van der Waals surface area contributed by atoms with E-state index in [1.807, 2.05) is 12.1 Å². The number of nitrogens with one attached hydrogen (secondary N) is 1. The quantitative estimate of drug-likeness (QED) is 0.373. The zero-order valence-corrected chi connectivity index (χ0v) is 20.1. The smallest absolute Gasteiger partial charge is 0.228 e. The number of rotatable bonds is 7. The standard InChI is InChI=1S/C28H28F2N4O2/c1-2-36-33-28(22-6-7-23(29)24(30)13-22)25-8-3-18(16-31-25)17-34-11-9-19(10-12-34)20-4-5-21-15-27(35)32-26(21)14-20/h3-8,13-14,16,19H,2,9-12,15,17H2,1H3,(H,32,35). The minimum Gasteiger partial charge on any atom is -0.396 e. The number of aromatic nitrogens is 1. The predicted molar refractivity (Wildman–Crippen MR) is 134 cm³/mol. The van der Waals surface area contributed by atoms with Crippen molar-refractivity contribution in [2.24, 2.45) is 5.16 Å². The first-order valence-corrected chi connectivity index (χ1v) is 12.3. The second-order valence-electron chi connectivity index (χ2n) is 9.23. The number of piperidine rings is 1. The molecule has 6 nitrogen and oxygen atoms in total. The van der Waals surface area contributed by atoms with Crippen LogP contribution in [0.3, 0.4) is 0 Å². The Kier molecular flexibility index (Phi) is 7.04. The molecule has 0 bridgehead atoms. The summed E-state index contributed by atoms with van der Waals surface area (Å²) in [5, 5.41) is 7.04. The normalized spacial score (nSPS) is 16.6. The molecule has 8 heteroatoms. The Morgan fingerprint density at radius 2 is 1.94 bits per heavy atom. The van der Waals surface area contributed by atoms with Gasteiger partial charge >= 0.3 is 0 Å². The summed E-state index contributed by atoms with van der Waals surface area (Å²) in [5.41, 5.74) is 5.68. The van der Waals surface area contributed by atoms with Gasteiger partial charge in [-0.2, -0.15) is 0 Å². The third-order valence-corrected chi connectivity index (χ3v) is 6.77. The Morgan fingerprint density at radius 3 is 2.67 bits per heavy atom. The Balaban J connectivity index is 1.22. The SMILES string of the molecule is CCON=C(c1ccc(F)c(F)c1)c1ccc(CN2CCC(c3ccc4c(c3)NC(=O)C4)CC2)cn1. The highest BCUT2D eigenvalue weighted by Gasteiger charge is 2.24. The lowest BCUT2D eigenvalue weighted by Gasteiger charge is -2.32. The molecular formula is C28H28F2N4O2. The average Bonchev–Trinajstić information content (AvgIpc) is 3.27. The van der Waals surface area contributed by atoms with E-state index in [0.29, 0.717) is 35.9 Å². The number of hydrogen-bond acceptors (Lipinski definition) is 5. The first-order valence-electron chi connectivity index (χ1n) is 12.3. The van der Waals surface area contributed by atoms with Gasteiger partial charge in [-0.15, -0.1) is 0 Å². The van der Waals surface area contributed by atoms with Crippen LogP contribution in [0.25, 0.3) is 0 Å². The highest BCUT2D eigenvalue weighted by atomic mass is 19.2. The van der Waals surface area contributed by atoms with Gasteiger partial charge in [0.2, 0.25) is 5.91 Å². The van der Waals surface area contributed by atoms with Crippen molar-refractivity contribution < 1.29 is 18.4 Å². The molecule has 186 valence electrons. The second kappa shape index (κ2) is 10.5. The van der Waals surface area contributed by atoms with Crippen LogP contribution >= 0.6 is 0 Å². The van der Waals surface area contributed by atoms with Gasteiger partial charge in [0.25, 0.3) is 0 Å². The summed E-state index contributed by atoms with van der Waals surface area (Å²) in [6, 6.07) is 13.8.